The van der Waals surface area contributed by atoms with E-state index in [0.29, 0.717) is 44.2 Å². The smallest absolute Gasteiger partial charge is 0.274 e. The van der Waals surface area contributed by atoms with E-state index in [2.05, 4.69) is 14.9 Å². The minimum atomic E-state index is -0.641. The molecule has 1 aliphatic heterocycles. The van der Waals surface area contributed by atoms with Crippen molar-refractivity contribution in [3.05, 3.63) is 48.4 Å². The van der Waals surface area contributed by atoms with Gasteiger partial charge in [-0.05, 0) is 12.1 Å². The average Bonchev–Trinajstić information content (AvgIpc) is 3.10. The number of hydrogen-bond acceptors (Lipinski definition) is 6. The molecule has 3 heterocycles. The molecule has 0 radical (unpaired) electrons. The summed E-state index contributed by atoms with van der Waals surface area (Å²) in [5, 5.41) is 10.1. The summed E-state index contributed by atoms with van der Waals surface area (Å²) >= 11 is 0. The van der Waals surface area contributed by atoms with E-state index in [0.717, 1.165) is 0 Å². The molecule has 1 N–H and O–H groups in total. The van der Waals surface area contributed by atoms with Gasteiger partial charge in [-0.15, -0.1) is 0 Å². The highest BCUT2D eigenvalue weighted by Gasteiger charge is 2.24. The Morgan fingerprint density at radius 2 is 2.14 bits per heavy atom. The minimum absolute atomic E-state index is 0.0978. The number of carbonyl (C=O) groups is 1. The van der Waals surface area contributed by atoms with Crippen molar-refractivity contribution in [2.45, 2.75) is 6.10 Å². The van der Waals surface area contributed by atoms with Crippen LogP contribution in [0.4, 0.5) is 0 Å². The third-order valence-corrected chi connectivity index (χ3v) is 3.74. The van der Waals surface area contributed by atoms with Crippen LogP contribution in [-0.4, -0.2) is 63.5 Å². The first kappa shape index (κ1) is 14.7. The van der Waals surface area contributed by atoms with E-state index in [-0.39, 0.29) is 5.91 Å². The van der Waals surface area contributed by atoms with E-state index in [1.54, 1.807) is 29.5 Å². The Kier molecular flexibility index (Phi) is 4.45. The lowest BCUT2D eigenvalue weighted by Crippen LogP contribution is -2.49. The monoisotopic (exact) mass is 302 g/mol. The third-order valence-electron chi connectivity index (χ3n) is 3.74. The summed E-state index contributed by atoms with van der Waals surface area (Å²) < 4.78 is 5.20. The van der Waals surface area contributed by atoms with Crippen molar-refractivity contribution in [3.8, 4) is 0 Å². The zero-order valence-corrected chi connectivity index (χ0v) is 12.1. The fourth-order valence-electron chi connectivity index (χ4n) is 2.52. The van der Waals surface area contributed by atoms with Gasteiger partial charge in [-0.2, -0.15) is 0 Å². The van der Waals surface area contributed by atoms with Crippen molar-refractivity contribution in [1.82, 2.24) is 19.8 Å². The van der Waals surface area contributed by atoms with Crippen LogP contribution in [-0.2, 0) is 0 Å². The summed E-state index contributed by atoms with van der Waals surface area (Å²) in [6, 6.07) is 3.52. The molecule has 0 aromatic carbocycles. The maximum absolute atomic E-state index is 12.3. The first-order chi connectivity index (χ1) is 10.7. The van der Waals surface area contributed by atoms with E-state index in [9.17, 15) is 9.90 Å². The summed E-state index contributed by atoms with van der Waals surface area (Å²) in [6.45, 7) is 3.15. The second-order valence-electron chi connectivity index (χ2n) is 5.21. The van der Waals surface area contributed by atoms with Crippen molar-refractivity contribution in [1.29, 1.82) is 0 Å². The molecule has 1 aliphatic rings. The van der Waals surface area contributed by atoms with Crippen LogP contribution < -0.4 is 0 Å². The molecule has 1 fully saturated rings. The van der Waals surface area contributed by atoms with E-state index in [1.165, 1.54) is 12.4 Å². The van der Waals surface area contributed by atoms with Gasteiger partial charge in [0.05, 0.1) is 12.5 Å². The highest BCUT2D eigenvalue weighted by molar-refractivity contribution is 5.92. The predicted molar refractivity (Wildman–Crippen MR) is 78.0 cm³/mol. The minimum Gasteiger partial charge on any atom is -0.467 e. The lowest BCUT2D eigenvalue weighted by molar-refractivity contribution is 0.0482. The van der Waals surface area contributed by atoms with Crippen LogP contribution in [0.2, 0.25) is 0 Å². The molecule has 2 aromatic heterocycles. The average molecular weight is 302 g/mol. The quantitative estimate of drug-likeness (QED) is 0.888. The van der Waals surface area contributed by atoms with Gasteiger partial charge in [-0.3, -0.25) is 14.7 Å². The Balaban J connectivity index is 1.51. The first-order valence-electron chi connectivity index (χ1n) is 7.23. The summed E-state index contributed by atoms with van der Waals surface area (Å²) in [4.78, 5) is 24.1. The lowest BCUT2D eigenvalue weighted by Gasteiger charge is -2.35. The highest BCUT2D eigenvalue weighted by Crippen LogP contribution is 2.16. The van der Waals surface area contributed by atoms with Gasteiger partial charge in [0, 0.05) is 45.1 Å². The van der Waals surface area contributed by atoms with Crippen LogP contribution in [0.15, 0.2) is 41.4 Å². The van der Waals surface area contributed by atoms with Gasteiger partial charge in [0.1, 0.15) is 17.6 Å². The Morgan fingerprint density at radius 3 is 2.77 bits per heavy atom. The molecular weight excluding hydrogens is 284 g/mol. The molecule has 116 valence electrons. The Hall–Kier alpha value is -2.25. The maximum atomic E-state index is 12.3. The summed E-state index contributed by atoms with van der Waals surface area (Å²) in [7, 11) is 0. The summed E-state index contributed by atoms with van der Waals surface area (Å²) in [5.41, 5.74) is 0.367. The zero-order chi connectivity index (χ0) is 15.4. The molecule has 0 unspecified atom stereocenters. The number of aromatic nitrogens is 2. The van der Waals surface area contributed by atoms with Crippen LogP contribution >= 0.6 is 0 Å². The molecule has 1 atom stereocenters. The predicted octanol–water partition coefficient (Wildman–Crippen LogP) is 0.561. The standard InChI is InChI=1S/C15H18N4O3/c20-13(14-2-1-9-22-14)11-18-5-7-19(8-6-18)15(21)12-10-16-3-4-17-12/h1-4,9-10,13,20H,5-8,11H2/t13-/m0/s1. The first-order valence-corrected chi connectivity index (χ1v) is 7.23. The number of amides is 1. The van der Waals surface area contributed by atoms with Crippen molar-refractivity contribution >= 4 is 5.91 Å². The van der Waals surface area contributed by atoms with Crippen molar-refractivity contribution in [3.63, 3.8) is 0 Å². The van der Waals surface area contributed by atoms with Gasteiger partial charge >= 0.3 is 0 Å². The normalized spacial score (nSPS) is 17.4. The van der Waals surface area contributed by atoms with Gasteiger partial charge in [0.2, 0.25) is 0 Å². The van der Waals surface area contributed by atoms with E-state index < -0.39 is 6.10 Å². The number of rotatable bonds is 4. The molecule has 1 saturated heterocycles. The molecule has 0 bridgehead atoms. The molecule has 0 aliphatic carbocycles. The summed E-state index contributed by atoms with van der Waals surface area (Å²) in [6.07, 6.45) is 5.46. The molecule has 7 heteroatoms. The van der Waals surface area contributed by atoms with Crippen LogP contribution in [0.1, 0.15) is 22.4 Å². The number of furan rings is 1. The number of aliphatic hydroxyl groups excluding tert-OH is 1. The molecule has 0 saturated carbocycles. The lowest BCUT2D eigenvalue weighted by atomic mass is 10.2. The number of aliphatic hydroxyl groups is 1. The van der Waals surface area contributed by atoms with Gasteiger partial charge in [0.15, 0.2) is 0 Å². The fourth-order valence-corrected chi connectivity index (χ4v) is 2.52. The molecule has 7 nitrogen and oxygen atoms in total. The van der Waals surface area contributed by atoms with Gasteiger partial charge < -0.3 is 14.4 Å². The fraction of sp³-hybridized carbons (Fsp3) is 0.400. The van der Waals surface area contributed by atoms with Gasteiger partial charge in [-0.25, -0.2) is 4.98 Å². The Morgan fingerprint density at radius 1 is 1.32 bits per heavy atom. The Bertz CT molecular complexity index is 595. The van der Waals surface area contributed by atoms with Crippen molar-refractivity contribution in [2.75, 3.05) is 32.7 Å². The highest BCUT2D eigenvalue weighted by atomic mass is 16.4. The molecule has 0 spiro atoms. The van der Waals surface area contributed by atoms with Crippen LogP contribution in [0, 0.1) is 0 Å². The molecule has 2 aromatic rings. The van der Waals surface area contributed by atoms with Crippen LogP contribution in [0.5, 0.6) is 0 Å². The second kappa shape index (κ2) is 6.67. The number of nitrogens with zero attached hydrogens (tertiary/aromatic N) is 4. The molecule has 3 rings (SSSR count). The van der Waals surface area contributed by atoms with Crippen molar-refractivity contribution in [2.24, 2.45) is 0 Å². The van der Waals surface area contributed by atoms with Crippen LogP contribution in [0.25, 0.3) is 0 Å². The SMILES string of the molecule is O=C(c1cnccn1)N1CCN(C[C@H](O)c2ccco2)CC1. The van der Waals surface area contributed by atoms with Gasteiger partial charge in [-0.1, -0.05) is 0 Å². The summed E-state index contributed by atoms with van der Waals surface area (Å²) in [5.74, 6) is 0.470. The van der Waals surface area contributed by atoms with E-state index in [4.69, 9.17) is 4.42 Å². The van der Waals surface area contributed by atoms with Crippen LogP contribution in [0.3, 0.4) is 0 Å². The maximum Gasteiger partial charge on any atom is 0.274 e. The molecule has 22 heavy (non-hydrogen) atoms. The molecular formula is C15H18N4O3. The number of piperazine rings is 1. The number of carbonyl (C=O) groups excluding carboxylic acids is 1. The third kappa shape index (κ3) is 3.32. The van der Waals surface area contributed by atoms with E-state index >= 15 is 0 Å². The van der Waals surface area contributed by atoms with E-state index in [1.807, 2.05) is 0 Å². The zero-order valence-electron chi connectivity index (χ0n) is 12.1. The molecule has 1 amide bonds. The number of β-amino-alcohol motifs (C(OH)–C–C–N with tert-alkyl or cyclic N) is 1. The van der Waals surface area contributed by atoms with Gasteiger partial charge in [0.25, 0.3) is 5.91 Å². The van der Waals surface area contributed by atoms with Crippen molar-refractivity contribution < 1.29 is 14.3 Å². The second-order valence-corrected chi connectivity index (χ2v) is 5.21. The largest absolute Gasteiger partial charge is 0.467 e. The Labute approximate surface area is 128 Å². The number of hydrogen-bond donors (Lipinski definition) is 1. The topological polar surface area (TPSA) is 82.7 Å².